The van der Waals surface area contributed by atoms with Crippen LogP contribution in [0, 0.1) is 13.8 Å². The van der Waals surface area contributed by atoms with Crippen LogP contribution in [0.4, 0.5) is 0 Å². The van der Waals surface area contributed by atoms with Crippen LogP contribution in [0.15, 0.2) is 12.1 Å². The van der Waals surface area contributed by atoms with Gasteiger partial charge in [0.1, 0.15) is 5.75 Å². The second-order valence-corrected chi connectivity index (χ2v) is 4.30. The minimum absolute atomic E-state index is 0.261. The summed E-state index contributed by atoms with van der Waals surface area (Å²) in [7, 11) is 1.03. The van der Waals surface area contributed by atoms with E-state index in [2.05, 4.69) is 6.92 Å². The van der Waals surface area contributed by atoms with Crippen molar-refractivity contribution >= 4 is 21.4 Å². The third-order valence-electron chi connectivity index (χ3n) is 2.26. The molecule has 0 heterocycles. The minimum Gasteiger partial charge on any atom is -0.426 e. The lowest BCUT2D eigenvalue weighted by molar-refractivity contribution is -0.131. The quantitative estimate of drug-likeness (QED) is 0.363. The Bertz CT molecular complexity index is 345. The topological polar surface area (TPSA) is 26.3 Å². The molecule has 0 saturated carbocycles. The van der Waals surface area contributed by atoms with Crippen molar-refractivity contribution in [3.05, 3.63) is 23.3 Å². The van der Waals surface area contributed by atoms with Crippen molar-refractivity contribution in [2.24, 2.45) is 0 Å². The highest BCUT2D eigenvalue weighted by atomic mass is 28.1. The number of esters is 1. The lowest BCUT2D eigenvalue weighted by Crippen LogP contribution is -2.11. The zero-order valence-electron chi connectivity index (χ0n) is 8.47. The summed E-state index contributed by atoms with van der Waals surface area (Å²) < 4.78 is 5.06. The average Bonchev–Trinajstić information content (AvgIpc) is 2.06. The molecule has 0 saturated heterocycles. The van der Waals surface area contributed by atoms with E-state index in [1.807, 2.05) is 19.1 Å². The maximum Gasteiger partial charge on any atom is 0.308 e. The van der Waals surface area contributed by atoms with Crippen LogP contribution in [-0.2, 0) is 4.79 Å². The van der Waals surface area contributed by atoms with Crippen LogP contribution in [0.25, 0.3) is 0 Å². The molecule has 0 N–H and O–H groups in total. The molecule has 13 heavy (non-hydrogen) atoms. The number of hydrogen-bond acceptors (Lipinski definition) is 2. The van der Waals surface area contributed by atoms with Gasteiger partial charge in [-0.05, 0) is 31.0 Å². The predicted molar refractivity (Wildman–Crippen MR) is 56.8 cm³/mol. The molecule has 1 aromatic rings. The van der Waals surface area contributed by atoms with Gasteiger partial charge in [0, 0.05) is 17.2 Å². The molecule has 0 aliphatic carbocycles. The minimum atomic E-state index is -0.261. The Morgan fingerprint density at radius 1 is 1.31 bits per heavy atom. The number of rotatable bonds is 1. The van der Waals surface area contributed by atoms with E-state index in [9.17, 15) is 4.79 Å². The Morgan fingerprint density at radius 2 is 1.92 bits per heavy atom. The van der Waals surface area contributed by atoms with Crippen molar-refractivity contribution in [2.45, 2.75) is 20.8 Å². The monoisotopic (exact) mass is 194 g/mol. The fraction of sp³-hybridized carbons (Fsp3) is 0.300. The Hall–Kier alpha value is -1.09. The molecule has 1 rings (SSSR count). The van der Waals surface area contributed by atoms with Crippen LogP contribution in [0.3, 0.4) is 0 Å². The summed E-state index contributed by atoms with van der Waals surface area (Å²) in [6.45, 7) is 5.46. The van der Waals surface area contributed by atoms with Gasteiger partial charge in [0.05, 0.1) is 0 Å². The summed E-state index contributed by atoms with van der Waals surface area (Å²) in [5.74, 6) is 0.424. The van der Waals surface area contributed by atoms with Gasteiger partial charge in [-0.25, -0.2) is 0 Å². The molecular weight excluding hydrogens is 180 g/mol. The first-order valence-corrected chi connectivity index (χ1v) is 5.27. The average molecular weight is 194 g/mol. The van der Waals surface area contributed by atoms with E-state index >= 15 is 0 Å². The van der Waals surface area contributed by atoms with Gasteiger partial charge in [-0.1, -0.05) is 11.3 Å². The summed E-state index contributed by atoms with van der Waals surface area (Å²) >= 11 is 0. The second-order valence-electron chi connectivity index (χ2n) is 3.22. The number of ether oxygens (including phenoxy) is 1. The standard InChI is InChI=1S/C10H14O2Si/c1-6-7(2)10(13)5-4-9(6)12-8(3)11/h4-5H,1-3,13H3. The first-order valence-electron chi connectivity index (χ1n) is 4.27. The van der Waals surface area contributed by atoms with Crippen molar-refractivity contribution in [3.8, 4) is 5.75 Å². The molecule has 1 aromatic carbocycles. The normalized spacial score (nSPS) is 10.1. The van der Waals surface area contributed by atoms with Gasteiger partial charge in [0.15, 0.2) is 0 Å². The van der Waals surface area contributed by atoms with Crippen molar-refractivity contribution in [3.63, 3.8) is 0 Å². The van der Waals surface area contributed by atoms with Gasteiger partial charge < -0.3 is 4.74 Å². The molecule has 0 bridgehead atoms. The smallest absolute Gasteiger partial charge is 0.308 e. The third kappa shape index (κ3) is 2.18. The van der Waals surface area contributed by atoms with Gasteiger partial charge in [-0.3, -0.25) is 4.79 Å². The van der Waals surface area contributed by atoms with Gasteiger partial charge in [0.25, 0.3) is 0 Å². The SMILES string of the molecule is CC(=O)Oc1ccc([SiH3])c(C)c1C. The van der Waals surface area contributed by atoms with Crippen molar-refractivity contribution in [1.29, 1.82) is 0 Å². The lowest BCUT2D eigenvalue weighted by atomic mass is 10.1. The second kappa shape index (κ2) is 3.74. The number of carbonyl (C=O) groups excluding carboxylic acids is 1. The molecule has 0 aliphatic heterocycles. The molecule has 70 valence electrons. The Morgan fingerprint density at radius 3 is 2.46 bits per heavy atom. The lowest BCUT2D eigenvalue weighted by Gasteiger charge is -2.09. The summed E-state index contributed by atoms with van der Waals surface area (Å²) in [6, 6.07) is 3.89. The van der Waals surface area contributed by atoms with Gasteiger partial charge in [-0.15, -0.1) is 0 Å². The van der Waals surface area contributed by atoms with E-state index in [0.717, 1.165) is 15.8 Å². The Balaban J connectivity index is 3.10. The van der Waals surface area contributed by atoms with E-state index in [0.29, 0.717) is 5.75 Å². The van der Waals surface area contributed by atoms with E-state index in [1.165, 1.54) is 17.7 Å². The van der Waals surface area contributed by atoms with Crippen molar-refractivity contribution < 1.29 is 9.53 Å². The van der Waals surface area contributed by atoms with Crippen LogP contribution in [-0.4, -0.2) is 16.2 Å². The van der Waals surface area contributed by atoms with Crippen molar-refractivity contribution in [1.82, 2.24) is 0 Å². The predicted octanol–water partition coefficient (Wildman–Crippen LogP) is 0.219. The van der Waals surface area contributed by atoms with E-state index in [-0.39, 0.29) is 5.97 Å². The van der Waals surface area contributed by atoms with Crippen LogP contribution in [0.5, 0.6) is 5.75 Å². The highest BCUT2D eigenvalue weighted by Crippen LogP contribution is 2.18. The summed E-state index contributed by atoms with van der Waals surface area (Å²) in [6.07, 6.45) is 0. The summed E-state index contributed by atoms with van der Waals surface area (Å²) in [5, 5.41) is 1.36. The van der Waals surface area contributed by atoms with Crippen molar-refractivity contribution in [2.75, 3.05) is 0 Å². The zero-order chi connectivity index (χ0) is 10.0. The maximum absolute atomic E-state index is 10.7. The Kier molecular flexibility index (Phi) is 2.88. The highest BCUT2D eigenvalue weighted by Gasteiger charge is 2.05. The third-order valence-corrected chi connectivity index (χ3v) is 3.35. The molecular formula is C10H14O2Si. The fourth-order valence-corrected chi connectivity index (χ4v) is 1.74. The van der Waals surface area contributed by atoms with Crippen LogP contribution >= 0.6 is 0 Å². The van der Waals surface area contributed by atoms with Gasteiger partial charge in [0.2, 0.25) is 0 Å². The number of carbonyl (C=O) groups is 1. The van der Waals surface area contributed by atoms with Gasteiger partial charge >= 0.3 is 5.97 Å². The number of benzene rings is 1. The zero-order valence-corrected chi connectivity index (χ0v) is 10.5. The van der Waals surface area contributed by atoms with E-state index in [4.69, 9.17) is 4.74 Å². The molecule has 2 nitrogen and oxygen atoms in total. The van der Waals surface area contributed by atoms with Crippen LogP contribution in [0.2, 0.25) is 0 Å². The molecule has 0 unspecified atom stereocenters. The Labute approximate surface area is 81.3 Å². The molecule has 0 amide bonds. The first kappa shape index (κ1) is 9.99. The first-order chi connectivity index (χ1) is 6.02. The molecule has 0 fully saturated rings. The molecule has 3 heteroatoms. The summed E-state index contributed by atoms with van der Waals surface area (Å²) in [5.41, 5.74) is 2.31. The van der Waals surface area contributed by atoms with E-state index < -0.39 is 0 Å². The molecule has 0 radical (unpaired) electrons. The molecule has 0 atom stereocenters. The largest absolute Gasteiger partial charge is 0.426 e. The maximum atomic E-state index is 10.7. The van der Waals surface area contributed by atoms with Crippen LogP contribution < -0.4 is 9.92 Å². The molecule has 0 spiro atoms. The summed E-state index contributed by atoms with van der Waals surface area (Å²) in [4.78, 5) is 10.7. The highest BCUT2D eigenvalue weighted by molar-refractivity contribution is 6.33. The van der Waals surface area contributed by atoms with Gasteiger partial charge in [-0.2, -0.15) is 0 Å². The fourth-order valence-electron chi connectivity index (χ4n) is 1.20. The van der Waals surface area contributed by atoms with Crippen LogP contribution in [0.1, 0.15) is 18.1 Å². The number of hydrogen-bond donors (Lipinski definition) is 0. The molecule has 0 aliphatic rings. The van der Waals surface area contributed by atoms with E-state index in [1.54, 1.807) is 0 Å². The molecule has 0 aromatic heterocycles.